The standard InChI is InChI=1S/C23H26N4O4S2/c1-13-8-14(2)10-15(9-13)31-11-18-25-26-23(27(18)3)32-12-19(28)24-21-20(22(29)30-4)16-6-5-7-17(16)33-21/h8-10H,5-7,11-12H2,1-4H3,(H,24,28). The lowest BCUT2D eigenvalue weighted by Crippen LogP contribution is -2.16. The van der Waals surface area contributed by atoms with Gasteiger partial charge in [-0.25, -0.2) is 4.79 Å². The van der Waals surface area contributed by atoms with E-state index in [4.69, 9.17) is 9.47 Å². The smallest absolute Gasteiger partial charge is 0.341 e. The maximum atomic E-state index is 12.6. The van der Waals surface area contributed by atoms with Crippen LogP contribution in [0, 0.1) is 13.8 Å². The number of anilines is 1. The number of nitrogens with one attached hydrogen (secondary N) is 1. The van der Waals surface area contributed by atoms with Gasteiger partial charge in [-0.1, -0.05) is 17.8 Å². The highest BCUT2D eigenvalue weighted by atomic mass is 32.2. The molecule has 1 aromatic carbocycles. The largest absolute Gasteiger partial charge is 0.486 e. The van der Waals surface area contributed by atoms with Crippen molar-refractivity contribution in [3.63, 3.8) is 0 Å². The molecule has 1 N–H and O–H groups in total. The van der Waals surface area contributed by atoms with Gasteiger partial charge in [-0.2, -0.15) is 0 Å². The van der Waals surface area contributed by atoms with E-state index in [1.165, 1.54) is 30.2 Å². The Balaban J connectivity index is 1.36. The van der Waals surface area contributed by atoms with Crippen molar-refractivity contribution in [1.29, 1.82) is 0 Å². The van der Waals surface area contributed by atoms with Gasteiger partial charge in [0.1, 0.15) is 17.4 Å². The number of hydrogen-bond donors (Lipinski definition) is 1. The van der Waals surface area contributed by atoms with Crippen LogP contribution in [0.5, 0.6) is 5.75 Å². The number of fused-ring (bicyclic) bond motifs is 1. The minimum absolute atomic E-state index is 0.146. The number of rotatable bonds is 8. The number of methoxy groups -OCH3 is 1. The Morgan fingerprint density at radius 1 is 1.18 bits per heavy atom. The van der Waals surface area contributed by atoms with Gasteiger partial charge in [-0.3, -0.25) is 4.79 Å². The minimum atomic E-state index is -0.404. The van der Waals surface area contributed by atoms with Crippen LogP contribution in [0.15, 0.2) is 23.4 Å². The highest BCUT2D eigenvalue weighted by molar-refractivity contribution is 7.99. The van der Waals surface area contributed by atoms with Crippen LogP contribution in [0.1, 0.15) is 44.2 Å². The van der Waals surface area contributed by atoms with Gasteiger partial charge < -0.3 is 19.4 Å². The number of aryl methyl sites for hydroxylation is 3. The third-order valence-corrected chi connectivity index (χ3v) is 7.61. The predicted octanol–water partition coefficient (Wildman–Crippen LogP) is 4.08. The highest BCUT2D eigenvalue weighted by Gasteiger charge is 2.28. The number of thiophene rings is 1. The summed E-state index contributed by atoms with van der Waals surface area (Å²) in [7, 11) is 3.21. The fourth-order valence-corrected chi connectivity index (χ4v) is 5.89. The molecule has 174 valence electrons. The predicted molar refractivity (Wildman–Crippen MR) is 128 cm³/mol. The maximum Gasteiger partial charge on any atom is 0.341 e. The number of carbonyl (C=O) groups is 2. The van der Waals surface area contributed by atoms with Crippen molar-refractivity contribution in [2.45, 2.75) is 44.9 Å². The van der Waals surface area contributed by atoms with Crippen molar-refractivity contribution >= 4 is 40.0 Å². The molecule has 2 aromatic heterocycles. The molecule has 0 bridgehead atoms. The average molecular weight is 487 g/mol. The van der Waals surface area contributed by atoms with E-state index in [0.717, 1.165) is 46.6 Å². The summed E-state index contributed by atoms with van der Waals surface area (Å²) < 4.78 is 12.6. The fourth-order valence-electron chi connectivity index (χ4n) is 3.86. The maximum absolute atomic E-state index is 12.6. The van der Waals surface area contributed by atoms with Crippen LogP contribution in [-0.2, 0) is 36.0 Å². The normalized spacial score (nSPS) is 12.5. The number of benzene rings is 1. The van der Waals surface area contributed by atoms with Crippen molar-refractivity contribution in [3.05, 3.63) is 51.2 Å². The molecule has 0 saturated carbocycles. The van der Waals surface area contributed by atoms with Gasteiger partial charge in [-0.15, -0.1) is 21.5 Å². The van der Waals surface area contributed by atoms with Gasteiger partial charge in [-0.05, 0) is 61.9 Å². The van der Waals surface area contributed by atoms with E-state index in [1.807, 2.05) is 37.6 Å². The lowest BCUT2D eigenvalue weighted by molar-refractivity contribution is -0.113. The lowest BCUT2D eigenvalue weighted by Gasteiger charge is -2.09. The molecule has 0 saturated heterocycles. The average Bonchev–Trinajstić information content (AvgIpc) is 3.44. The number of nitrogens with zero attached hydrogens (tertiary/aromatic N) is 3. The molecule has 0 radical (unpaired) electrons. The van der Waals surface area contributed by atoms with Crippen LogP contribution < -0.4 is 10.1 Å². The Kier molecular flexibility index (Phi) is 7.04. The van der Waals surface area contributed by atoms with E-state index in [0.29, 0.717) is 21.5 Å². The Bertz CT molecular complexity index is 1180. The summed E-state index contributed by atoms with van der Waals surface area (Å²) in [5.41, 5.74) is 3.78. The number of esters is 1. The summed E-state index contributed by atoms with van der Waals surface area (Å²) >= 11 is 2.75. The van der Waals surface area contributed by atoms with E-state index in [1.54, 1.807) is 0 Å². The molecular formula is C23H26N4O4S2. The van der Waals surface area contributed by atoms with Crippen molar-refractivity contribution in [2.24, 2.45) is 7.05 Å². The molecule has 3 aromatic rings. The van der Waals surface area contributed by atoms with Crippen LogP contribution in [0.25, 0.3) is 0 Å². The second-order valence-corrected chi connectivity index (χ2v) is 10.0. The van der Waals surface area contributed by atoms with Gasteiger partial charge >= 0.3 is 5.97 Å². The van der Waals surface area contributed by atoms with E-state index in [9.17, 15) is 9.59 Å². The molecule has 0 unspecified atom stereocenters. The first-order valence-electron chi connectivity index (χ1n) is 10.6. The van der Waals surface area contributed by atoms with Crippen molar-refractivity contribution in [3.8, 4) is 5.75 Å². The second-order valence-electron chi connectivity index (χ2n) is 7.96. The zero-order valence-electron chi connectivity index (χ0n) is 19.1. The van der Waals surface area contributed by atoms with E-state index in [-0.39, 0.29) is 18.3 Å². The molecule has 2 heterocycles. The minimum Gasteiger partial charge on any atom is -0.486 e. The zero-order chi connectivity index (χ0) is 23.5. The number of ether oxygens (including phenoxy) is 2. The van der Waals surface area contributed by atoms with Crippen molar-refractivity contribution in [1.82, 2.24) is 14.8 Å². The highest BCUT2D eigenvalue weighted by Crippen LogP contribution is 2.39. The van der Waals surface area contributed by atoms with Crippen molar-refractivity contribution < 1.29 is 19.1 Å². The summed E-state index contributed by atoms with van der Waals surface area (Å²) in [6.07, 6.45) is 2.80. The molecule has 8 nitrogen and oxygen atoms in total. The van der Waals surface area contributed by atoms with Gasteiger partial charge in [0.25, 0.3) is 0 Å². The van der Waals surface area contributed by atoms with Crippen LogP contribution in [0.2, 0.25) is 0 Å². The van der Waals surface area contributed by atoms with Crippen LogP contribution in [-0.4, -0.2) is 39.5 Å². The van der Waals surface area contributed by atoms with Gasteiger partial charge in [0.15, 0.2) is 11.0 Å². The van der Waals surface area contributed by atoms with Gasteiger partial charge in [0.2, 0.25) is 5.91 Å². The van der Waals surface area contributed by atoms with Crippen LogP contribution in [0.3, 0.4) is 0 Å². The Hall–Kier alpha value is -2.85. The first-order chi connectivity index (χ1) is 15.9. The summed E-state index contributed by atoms with van der Waals surface area (Å²) in [5.74, 6) is 0.987. The molecule has 0 spiro atoms. The summed E-state index contributed by atoms with van der Waals surface area (Å²) in [5, 5.41) is 12.5. The Morgan fingerprint density at radius 2 is 1.94 bits per heavy atom. The molecule has 4 rings (SSSR count). The molecule has 0 aliphatic heterocycles. The number of amides is 1. The van der Waals surface area contributed by atoms with E-state index >= 15 is 0 Å². The topological polar surface area (TPSA) is 95.3 Å². The summed E-state index contributed by atoms with van der Waals surface area (Å²) in [6.45, 7) is 4.34. The number of thioether (sulfide) groups is 1. The summed E-state index contributed by atoms with van der Waals surface area (Å²) in [4.78, 5) is 26.0. The summed E-state index contributed by atoms with van der Waals surface area (Å²) in [6, 6.07) is 6.05. The third-order valence-electron chi connectivity index (χ3n) is 5.38. The van der Waals surface area contributed by atoms with Gasteiger partial charge in [0, 0.05) is 11.9 Å². The van der Waals surface area contributed by atoms with E-state index in [2.05, 4.69) is 21.6 Å². The quantitative estimate of drug-likeness (QED) is 0.379. The molecule has 0 atom stereocenters. The van der Waals surface area contributed by atoms with Crippen LogP contribution in [0.4, 0.5) is 5.00 Å². The first-order valence-corrected chi connectivity index (χ1v) is 12.4. The number of hydrogen-bond acceptors (Lipinski definition) is 8. The molecule has 33 heavy (non-hydrogen) atoms. The molecule has 0 fully saturated rings. The zero-order valence-corrected chi connectivity index (χ0v) is 20.7. The number of carbonyl (C=O) groups excluding carboxylic acids is 2. The first kappa shape index (κ1) is 23.3. The molecule has 10 heteroatoms. The molecule has 1 aliphatic rings. The fraction of sp³-hybridized carbons (Fsp3) is 0.391. The third kappa shape index (κ3) is 5.22. The molecule has 1 amide bonds. The van der Waals surface area contributed by atoms with Gasteiger partial charge in [0.05, 0.1) is 18.4 Å². The second kappa shape index (κ2) is 9.96. The SMILES string of the molecule is COC(=O)c1c(NC(=O)CSc2nnc(COc3cc(C)cc(C)c3)n2C)sc2c1CCC2. The Morgan fingerprint density at radius 3 is 2.67 bits per heavy atom. The molecule has 1 aliphatic carbocycles. The Labute approximate surface area is 200 Å². The van der Waals surface area contributed by atoms with Crippen molar-refractivity contribution in [2.75, 3.05) is 18.2 Å². The van der Waals surface area contributed by atoms with E-state index < -0.39 is 5.97 Å². The monoisotopic (exact) mass is 486 g/mol. The lowest BCUT2D eigenvalue weighted by atomic mass is 10.1. The number of aromatic nitrogens is 3. The van der Waals surface area contributed by atoms with Crippen LogP contribution >= 0.6 is 23.1 Å². The molecular weight excluding hydrogens is 460 g/mol.